The minimum atomic E-state index is -0.853. The molecule has 0 radical (unpaired) electrons. The molecule has 150 valence electrons. The maximum atomic E-state index is 14.3. The molecule has 6 nitrogen and oxygen atoms in total. The van der Waals surface area contributed by atoms with Crippen molar-refractivity contribution < 1.29 is 13.9 Å². The van der Waals surface area contributed by atoms with Gasteiger partial charge in [0, 0.05) is 13.1 Å². The Labute approximate surface area is 171 Å². The van der Waals surface area contributed by atoms with Crippen LogP contribution in [0.3, 0.4) is 0 Å². The van der Waals surface area contributed by atoms with E-state index in [9.17, 15) is 14.0 Å². The summed E-state index contributed by atoms with van der Waals surface area (Å²) in [5, 5.41) is 3.09. The number of halogens is 2. The topological polar surface area (TPSA) is 86.3 Å². The van der Waals surface area contributed by atoms with Gasteiger partial charge in [-0.05, 0) is 49.2 Å². The van der Waals surface area contributed by atoms with Gasteiger partial charge in [0.05, 0.1) is 10.7 Å². The first-order valence-corrected chi connectivity index (χ1v) is 9.06. The number of pyridine rings is 1. The first-order chi connectivity index (χ1) is 13.7. The van der Waals surface area contributed by atoms with Gasteiger partial charge < -0.3 is 15.8 Å². The standard InChI is InChI=1S/C21H19ClFN3O3/c1-11-5-7-16(13(22)8-11)29-17-10-18(27)26(3)21(19(17)20(24)28)25-15-6-4-12(2)9-14(15)23/h4-10,25H,1-3H3,(H2,24,28). The third-order valence-corrected chi connectivity index (χ3v) is 4.63. The molecule has 1 aromatic heterocycles. The second kappa shape index (κ2) is 7.97. The van der Waals surface area contributed by atoms with Crippen molar-refractivity contribution >= 4 is 29.0 Å². The number of nitrogens with zero attached hydrogens (tertiary/aromatic N) is 1. The number of aryl methyl sites for hydroxylation is 2. The minimum Gasteiger partial charge on any atom is -0.455 e. The van der Waals surface area contributed by atoms with E-state index in [4.69, 9.17) is 22.1 Å². The number of amides is 1. The van der Waals surface area contributed by atoms with E-state index in [1.165, 1.54) is 19.2 Å². The van der Waals surface area contributed by atoms with Gasteiger partial charge in [-0.25, -0.2) is 4.39 Å². The summed E-state index contributed by atoms with van der Waals surface area (Å²) in [5.74, 6) is -1.22. The van der Waals surface area contributed by atoms with Crippen molar-refractivity contribution in [1.29, 1.82) is 0 Å². The Hall–Kier alpha value is -3.32. The number of nitrogens with two attached hydrogens (primary N) is 1. The Bertz CT molecular complexity index is 1170. The Kier molecular flexibility index (Phi) is 5.61. The molecule has 0 fully saturated rings. The van der Waals surface area contributed by atoms with Crippen LogP contribution >= 0.6 is 11.6 Å². The summed E-state index contributed by atoms with van der Waals surface area (Å²) in [6, 6.07) is 10.7. The van der Waals surface area contributed by atoms with Gasteiger partial charge in [-0.15, -0.1) is 0 Å². The zero-order valence-corrected chi connectivity index (χ0v) is 16.8. The van der Waals surface area contributed by atoms with Crippen molar-refractivity contribution in [3.63, 3.8) is 0 Å². The highest BCUT2D eigenvalue weighted by Crippen LogP contribution is 2.34. The van der Waals surface area contributed by atoms with E-state index in [1.807, 2.05) is 6.92 Å². The van der Waals surface area contributed by atoms with E-state index in [-0.39, 0.29) is 28.6 Å². The van der Waals surface area contributed by atoms with E-state index < -0.39 is 17.3 Å². The summed E-state index contributed by atoms with van der Waals surface area (Å²) < 4.78 is 21.2. The Balaban J connectivity index is 2.15. The zero-order valence-electron chi connectivity index (χ0n) is 16.0. The number of benzene rings is 2. The van der Waals surface area contributed by atoms with E-state index in [1.54, 1.807) is 31.2 Å². The molecule has 3 rings (SSSR count). The number of hydrogen-bond donors (Lipinski definition) is 2. The van der Waals surface area contributed by atoms with Crippen LogP contribution < -0.4 is 21.3 Å². The van der Waals surface area contributed by atoms with Crippen LogP contribution in [0.5, 0.6) is 11.5 Å². The molecule has 0 saturated heterocycles. The SMILES string of the molecule is Cc1ccc(Nc2c(C(N)=O)c(Oc3ccc(C)cc3Cl)cc(=O)n2C)c(F)c1. The molecule has 1 heterocycles. The van der Waals surface area contributed by atoms with Crippen molar-refractivity contribution in [3.05, 3.63) is 80.3 Å². The number of carbonyl (C=O) groups is 1. The Morgan fingerprint density at radius 2 is 1.76 bits per heavy atom. The van der Waals surface area contributed by atoms with Crippen LogP contribution in [-0.2, 0) is 7.05 Å². The van der Waals surface area contributed by atoms with E-state index in [0.717, 1.165) is 21.8 Å². The van der Waals surface area contributed by atoms with Crippen molar-refractivity contribution in [2.75, 3.05) is 5.32 Å². The van der Waals surface area contributed by atoms with Crippen LogP contribution in [0.25, 0.3) is 0 Å². The molecule has 3 N–H and O–H groups in total. The molecule has 0 spiro atoms. The zero-order chi connectivity index (χ0) is 21.3. The van der Waals surface area contributed by atoms with Crippen LogP contribution in [0.1, 0.15) is 21.5 Å². The molecule has 29 heavy (non-hydrogen) atoms. The highest BCUT2D eigenvalue weighted by Gasteiger charge is 2.22. The summed E-state index contributed by atoms with van der Waals surface area (Å²) in [6.45, 7) is 3.61. The number of primary amides is 1. The van der Waals surface area contributed by atoms with Crippen molar-refractivity contribution in [2.24, 2.45) is 12.8 Å². The number of anilines is 2. The molecule has 0 aliphatic carbocycles. The van der Waals surface area contributed by atoms with E-state index in [0.29, 0.717) is 5.02 Å². The van der Waals surface area contributed by atoms with Crippen LogP contribution in [-0.4, -0.2) is 10.5 Å². The number of rotatable bonds is 5. The van der Waals surface area contributed by atoms with Gasteiger partial charge in [-0.1, -0.05) is 23.7 Å². The van der Waals surface area contributed by atoms with Gasteiger partial charge >= 0.3 is 0 Å². The van der Waals surface area contributed by atoms with Gasteiger partial charge in [0.15, 0.2) is 0 Å². The first-order valence-electron chi connectivity index (χ1n) is 8.68. The molecule has 0 atom stereocenters. The minimum absolute atomic E-state index is 0.00554. The largest absolute Gasteiger partial charge is 0.455 e. The molecular formula is C21H19ClFN3O3. The fraction of sp³-hybridized carbons (Fsp3) is 0.143. The lowest BCUT2D eigenvalue weighted by atomic mass is 10.1. The smallest absolute Gasteiger partial charge is 0.256 e. The summed E-state index contributed by atoms with van der Waals surface area (Å²) in [6.07, 6.45) is 0. The number of aromatic nitrogens is 1. The predicted molar refractivity (Wildman–Crippen MR) is 111 cm³/mol. The third-order valence-electron chi connectivity index (χ3n) is 4.34. The fourth-order valence-corrected chi connectivity index (χ4v) is 3.07. The lowest BCUT2D eigenvalue weighted by molar-refractivity contribution is 0.0998. The highest BCUT2D eigenvalue weighted by atomic mass is 35.5. The van der Waals surface area contributed by atoms with Gasteiger partial charge in [0.25, 0.3) is 11.5 Å². The van der Waals surface area contributed by atoms with Crippen molar-refractivity contribution in [1.82, 2.24) is 4.57 Å². The Morgan fingerprint density at radius 1 is 1.10 bits per heavy atom. The number of carbonyl (C=O) groups excluding carboxylic acids is 1. The van der Waals surface area contributed by atoms with E-state index in [2.05, 4.69) is 5.32 Å². The molecule has 8 heteroatoms. The van der Waals surface area contributed by atoms with Crippen LogP contribution in [0.2, 0.25) is 5.02 Å². The van der Waals surface area contributed by atoms with E-state index >= 15 is 0 Å². The van der Waals surface area contributed by atoms with Gasteiger partial charge in [-0.3, -0.25) is 14.2 Å². The van der Waals surface area contributed by atoms with Crippen molar-refractivity contribution in [2.45, 2.75) is 13.8 Å². The molecule has 3 aromatic rings. The van der Waals surface area contributed by atoms with Crippen molar-refractivity contribution in [3.8, 4) is 11.5 Å². The third kappa shape index (κ3) is 4.25. The monoisotopic (exact) mass is 415 g/mol. The maximum absolute atomic E-state index is 14.3. The summed E-state index contributed by atoms with van der Waals surface area (Å²) in [4.78, 5) is 24.7. The maximum Gasteiger partial charge on any atom is 0.256 e. The lowest BCUT2D eigenvalue weighted by Crippen LogP contribution is -2.25. The van der Waals surface area contributed by atoms with Gasteiger partial charge in [0.2, 0.25) is 0 Å². The number of hydrogen-bond acceptors (Lipinski definition) is 4. The first kappa shape index (κ1) is 20.4. The van der Waals surface area contributed by atoms with Crippen LogP contribution in [0.15, 0.2) is 47.3 Å². The summed E-state index contributed by atoms with van der Waals surface area (Å²) in [7, 11) is 1.44. The quantitative estimate of drug-likeness (QED) is 0.645. The highest BCUT2D eigenvalue weighted by molar-refractivity contribution is 6.32. The van der Waals surface area contributed by atoms with Gasteiger partial charge in [0.1, 0.15) is 28.7 Å². The lowest BCUT2D eigenvalue weighted by Gasteiger charge is -2.18. The fourth-order valence-electron chi connectivity index (χ4n) is 2.80. The average Bonchev–Trinajstić information content (AvgIpc) is 2.63. The molecule has 0 aliphatic heterocycles. The average molecular weight is 416 g/mol. The molecule has 1 amide bonds. The summed E-state index contributed by atoms with van der Waals surface area (Å²) in [5.41, 5.74) is 6.70. The van der Waals surface area contributed by atoms with Gasteiger partial charge in [-0.2, -0.15) is 0 Å². The molecule has 0 aliphatic rings. The van der Waals surface area contributed by atoms with Crippen LogP contribution in [0.4, 0.5) is 15.9 Å². The number of ether oxygens (including phenoxy) is 1. The molecule has 0 saturated carbocycles. The molecular weight excluding hydrogens is 397 g/mol. The molecule has 0 bridgehead atoms. The predicted octanol–water partition coefficient (Wildman–Crippen LogP) is 4.43. The molecule has 0 unspecified atom stereocenters. The summed E-state index contributed by atoms with van der Waals surface area (Å²) >= 11 is 6.20. The Morgan fingerprint density at radius 3 is 2.38 bits per heavy atom. The second-order valence-electron chi connectivity index (χ2n) is 6.64. The normalized spacial score (nSPS) is 10.7. The number of nitrogens with one attached hydrogen (secondary N) is 1. The second-order valence-corrected chi connectivity index (χ2v) is 7.05. The van der Waals surface area contributed by atoms with Crippen LogP contribution in [0, 0.1) is 19.7 Å². The molecule has 2 aromatic carbocycles.